The molecule has 0 radical (unpaired) electrons. The summed E-state index contributed by atoms with van der Waals surface area (Å²) in [5, 5.41) is 27.4. The number of nitrogens with zero attached hydrogens (tertiary/aromatic N) is 1. The van der Waals surface area contributed by atoms with Crippen molar-refractivity contribution in [1.29, 1.82) is 0 Å². The van der Waals surface area contributed by atoms with Crippen LogP contribution in [0.2, 0.25) is 0 Å². The zero-order valence-electron chi connectivity index (χ0n) is 6.04. The van der Waals surface area contributed by atoms with E-state index < -0.39 is 11.2 Å². The molecule has 1 rings (SSSR count). The van der Waals surface area contributed by atoms with Gasteiger partial charge in [0.1, 0.15) is 0 Å². The summed E-state index contributed by atoms with van der Waals surface area (Å²) in [6.45, 7) is 0. The molecule has 0 saturated carbocycles. The summed E-state index contributed by atoms with van der Waals surface area (Å²) < 4.78 is 0. The van der Waals surface area contributed by atoms with Crippen molar-refractivity contribution in [1.82, 2.24) is 0 Å². The van der Waals surface area contributed by atoms with Crippen molar-refractivity contribution in [2.75, 3.05) is 0 Å². The third-order valence-corrected chi connectivity index (χ3v) is 1.40. The van der Waals surface area contributed by atoms with Gasteiger partial charge < -0.3 is 10.2 Å². The van der Waals surface area contributed by atoms with Crippen LogP contribution in [0.3, 0.4) is 0 Å². The second kappa shape index (κ2) is 3.29. The lowest BCUT2D eigenvalue weighted by Crippen LogP contribution is -1.95. The van der Waals surface area contributed by atoms with Gasteiger partial charge in [0.25, 0.3) is 5.69 Å². The van der Waals surface area contributed by atoms with E-state index in [2.05, 4.69) is 0 Å². The maximum Gasteiger partial charge on any atom is 0.269 e. The first kappa shape index (κ1) is 8.63. The maximum absolute atomic E-state index is 10.2. The minimum absolute atomic E-state index is 0.0700. The van der Waals surface area contributed by atoms with Gasteiger partial charge in [0.05, 0.1) is 4.92 Å². The van der Waals surface area contributed by atoms with E-state index in [0.717, 1.165) is 0 Å². The predicted octanol–water partition coefficient (Wildman–Crippen LogP) is 0.578. The smallest absolute Gasteiger partial charge is 0.269 e. The topological polar surface area (TPSA) is 83.6 Å². The molecule has 64 valence electrons. The Kier molecular flexibility index (Phi) is 2.37. The number of hydrogen-bond donors (Lipinski definition) is 2. The van der Waals surface area contributed by atoms with E-state index in [1.165, 1.54) is 24.3 Å². The molecule has 2 N–H and O–H groups in total. The number of hydrogen-bond acceptors (Lipinski definition) is 4. The van der Waals surface area contributed by atoms with Gasteiger partial charge in [0.2, 0.25) is 0 Å². The average Bonchev–Trinajstić information content (AvgIpc) is 2.04. The zero-order chi connectivity index (χ0) is 9.14. The minimum atomic E-state index is -1.58. The average molecular weight is 169 g/mol. The van der Waals surface area contributed by atoms with Crippen LogP contribution >= 0.6 is 0 Å². The first-order valence-electron chi connectivity index (χ1n) is 3.22. The maximum atomic E-state index is 10.2. The fourth-order valence-electron chi connectivity index (χ4n) is 0.768. The summed E-state index contributed by atoms with van der Waals surface area (Å²) in [6.07, 6.45) is -1.58. The molecule has 0 heterocycles. The van der Waals surface area contributed by atoms with Crippen LogP contribution in [-0.2, 0) is 0 Å². The number of benzene rings is 1. The summed E-state index contributed by atoms with van der Waals surface area (Å²) in [5.41, 5.74) is 0.167. The molecule has 0 saturated heterocycles. The Morgan fingerprint density at radius 2 is 1.75 bits per heavy atom. The van der Waals surface area contributed by atoms with E-state index >= 15 is 0 Å². The van der Waals surface area contributed by atoms with Crippen LogP contribution in [0.15, 0.2) is 24.3 Å². The molecule has 0 fully saturated rings. The highest BCUT2D eigenvalue weighted by molar-refractivity contribution is 5.33. The van der Waals surface area contributed by atoms with E-state index in [-0.39, 0.29) is 11.3 Å². The quantitative estimate of drug-likeness (QED) is 0.385. The van der Waals surface area contributed by atoms with Crippen LogP contribution in [0.4, 0.5) is 5.69 Å². The molecule has 0 unspecified atom stereocenters. The number of nitro groups is 1. The van der Waals surface area contributed by atoms with Gasteiger partial charge in [-0.2, -0.15) is 0 Å². The van der Waals surface area contributed by atoms with Gasteiger partial charge in [-0.25, -0.2) is 0 Å². The van der Waals surface area contributed by atoms with Crippen LogP contribution < -0.4 is 0 Å². The van der Waals surface area contributed by atoms with Gasteiger partial charge in [-0.1, -0.05) is 0 Å². The Bertz CT molecular complexity index is 280. The van der Waals surface area contributed by atoms with E-state index in [0.29, 0.717) is 0 Å². The molecule has 1 aromatic carbocycles. The monoisotopic (exact) mass is 169 g/mol. The Labute approximate surface area is 68.0 Å². The second-order valence-corrected chi connectivity index (χ2v) is 2.22. The van der Waals surface area contributed by atoms with E-state index in [4.69, 9.17) is 10.2 Å². The molecule has 0 amide bonds. The summed E-state index contributed by atoms with van der Waals surface area (Å²) in [7, 11) is 0. The molecule has 0 aliphatic heterocycles. The number of aliphatic hydroxyl groups excluding tert-OH is 1. The summed E-state index contributed by atoms with van der Waals surface area (Å²) >= 11 is 0. The Morgan fingerprint density at radius 3 is 2.08 bits per heavy atom. The molecular weight excluding hydrogens is 162 g/mol. The standard InChI is InChI=1S/C7H7NO4/c9-7(10)5-1-3-6(4-2-5)8(11)12/h1-4,7,9-10H. The van der Waals surface area contributed by atoms with Crippen molar-refractivity contribution in [3.8, 4) is 0 Å². The SMILES string of the molecule is O=[N+]([O-])c1ccc(C(O)O)cc1. The first-order valence-corrected chi connectivity index (χ1v) is 3.22. The van der Waals surface area contributed by atoms with Crippen molar-refractivity contribution >= 4 is 5.69 Å². The van der Waals surface area contributed by atoms with Gasteiger partial charge in [-0.05, 0) is 12.1 Å². The lowest BCUT2D eigenvalue weighted by atomic mass is 10.2. The highest BCUT2D eigenvalue weighted by Crippen LogP contribution is 2.15. The first-order chi connectivity index (χ1) is 5.61. The van der Waals surface area contributed by atoms with E-state index in [9.17, 15) is 10.1 Å². The lowest BCUT2D eigenvalue weighted by Gasteiger charge is -2.01. The third-order valence-electron chi connectivity index (χ3n) is 1.40. The van der Waals surface area contributed by atoms with Gasteiger partial charge in [0.15, 0.2) is 6.29 Å². The largest absolute Gasteiger partial charge is 0.364 e. The van der Waals surface area contributed by atoms with Gasteiger partial charge in [-0.3, -0.25) is 10.1 Å². The molecular formula is C7H7NO4. The van der Waals surface area contributed by atoms with Gasteiger partial charge in [-0.15, -0.1) is 0 Å². The van der Waals surface area contributed by atoms with E-state index in [1.807, 2.05) is 0 Å². The van der Waals surface area contributed by atoms with Crippen molar-refractivity contribution in [3.05, 3.63) is 39.9 Å². The normalized spacial score (nSPS) is 10.2. The van der Waals surface area contributed by atoms with Gasteiger partial charge >= 0.3 is 0 Å². The molecule has 0 bridgehead atoms. The Morgan fingerprint density at radius 1 is 1.25 bits per heavy atom. The molecule has 5 heteroatoms. The predicted molar refractivity (Wildman–Crippen MR) is 40.3 cm³/mol. The van der Waals surface area contributed by atoms with Crippen molar-refractivity contribution in [3.63, 3.8) is 0 Å². The zero-order valence-corrected chi connectivity index (χ0v) is 6.04. The fourth-order valence-corrected chi connectivity index (χ4v) is 0.768. The summed E-state index contributed by atoms with van der Waals surface area (Å²) in [4.78, 5) is 9.61. The molecule has 12 heavy (non-hydrogen) atoms. The number of rotatable bonds is 2. The second-order valence-electron chi connectivity index (χ2n) is 2.22. The molecule has 0 spiro atoms. The molecule has 0 aliphatic carbocycles. The molecule has 0 aliphatic rings. The van der Waals surface area contributed by atoms with Crippen LogP contribution in [0.25, 0.3) is 0 Å². The summed E-state index contributed by atoms with van der Waals surface area (Å²) in [5.74, 6) is 0. The van der Waals surface area contributed by atoms with Crippen LogP contribution in [0, 0.1) is 10.1 Å². The van der Waals surface area contributed by atoms with Crippen molar-refractivity contribution < 1.29 is 15.1 Å². The molecule has 0 atom stereocenters. The fraction of sp³-hybridized carbons (Fsp3) is 0.143. The molecule has 1 aromatic rings. The Balaban J connectivity index is 2.93. The summed E-state index contributed by atoms with van der Waals surface area (Å²) in [6, 6.07) is 5.02. The number of non-ortho nitro benzene ring substituents is 1. The Hall–Kier alpha value is -1.46. The minimum Gasteiger partial charge on any atom is -0.364 e. The number of nitro benzene ring substituents is 1. The van der Waals surface area contributed by atoms with Crippen LogP contribution in [0.1, 0.15) is 11.9 Å². The van der Waals surface area contributed by atoms with Crippen LogP contribution in [0.5, 0.6) is 0 Å². The van der Waals surface area contributed by atoms with E-state index in [1.54, 1.807) is 0 Å². The third kappa shape index (κ3) is 1.77. The van der Waals surface area contributed by atoms with Crippen LogP contribution in [-0.4, -0.2) is 15.1 Å². The van der Waals surface area contributed by atoms with Crippen molar-refractivity contribution in [2.24, 2.45) is 0 Å². The number of aliphatic hydroxyl groups is 2. The molecule has 5 nitrogen and oxygen atoms in total. The van der Waals surface area contributed by atoms with Gasteiger partial charge in [0, 0.05) is 17.7 Å². The molecule has 0 aromatic heterocycles. The van der Waals surface area contributed by atoms with Crippen molar-refractivity contribution in [2.45, 2.75) is 6.29 Å². The lowest BCUT2D eigenvalue weighted by molar-refractivity contribution is -0.384. The highest BCUT2D eigenvalue weighted by atomic mass is 16.6. The highest BCUT2D eigenvalue weighted by Gasteiger charge is 2.06.